The number of aryl methyl sites for hydroxylation is 2. The SMILES string of the molecule is Cc1cccc(C)c1-c1ccc(O)c(-c2nc3c(-c4ccc5c(n4)-c4[c-]ccc6scc(c46)-c4ccccc4-5)cccc3n2-c2ccccc2)c1.[Pt]. The van der Waals surface area contributed by atoms with Crippen molar-refractivity contribution in [1.29, 1.82) is 0 Å². The maximum Gasteiger partial charge on any atom is 0.149 e. The molecular formula is C46H30N3OPtS-. The van der Waals surface area contributed by atoms with Crippen LogP contribution in [0.25, 0.3) is 94.1 Å². The molecule has 0 saturated heterocycles. The summed E-state index contributed by atoms with van der Waals surface area (Å²) in [7, 11) is 0. The summed E-state index contributed by atoms with van der Waals surface area (Å²) in [6.07, 6.45) is 0. The van der Waals surface area contributed by atoms with Crippen LogP contribution in [0.5, 0.6) is 5.75 Å². The molecule has 6 heteroatoms. The molecule has 0 amide bonds. The molecule has 10 rings (SSSR count). The summed E-state index contributed by atoms with van der Waals surface area (Å²) >= 11 is 1.76. The van der Waals surface area contributed by atoms with Gasteiger partial charge in [-0.25, -0.2) is 4.98 Å². The molecule has 3 aromatic heterocycles. The van der Waals surface area contributed by atoms with Crippen LogP contribution in [-0.2, 0) is 21.1 Å². The number of hydrogen-bond acceptors (Lipinski definition) is 4. The Hall–Kier alpha value is -5.61. The summed E-state index contributed by atoms with van der Waals surface area (Å²) in [5.74, 6) is 0.843. The molecule has 0 atom stereocenters. The van der Waals surface area contributed by atoms with Crippen molar-refractivity contribution in [3.8, 4) is 78.7 Å². The van der Waals surface area contributed by atoms with Crippen LogP contribution in [0.15, 0.2) is 139 Å². The summed E-state index contributed by atoms with van der Waals surface area (Å²) in [5.41, 5.74) is 16.3. The van der Waals surface area contributed by atoms with Gasteiger partial charge < -0.3 is 5.11 Å². The molecule has 52 heavy (non-hydrogen) atoms. The number of imidazole rings is 1. The maximum absolute atomic E-state index is 11.5. The number of aromatic nitrogens is 3. The number of benzene rings is 6. The second kappa shape index (κ2) is 12.6. The van der Waals surface area contributed by atoms with Gasteiger partial charge in [-0.1, -0.05) is 90.3 Å². The first-order valence-corrected chi connectivity index (χ1v) is 17.9. The third-order valence-electron chi connectivity index (χ3n) is 10.2. The van der Waals surface area contributed by atoms with E-state index in [-0.39, 0.29) is 26.8 Å². The van der Waals surface area contributed by atoms with Crippen molar-refractivity contribution in [2.45, 2.75) is 13.8 Å². The zero-order valence-electron chi connectivity index (χ0n) is 28.3. The molecule has 0 fully saturated rings. The zero-order chi connectivity index (χ0) is 34.2. The second-order valence-corrected chi connectivity index (χ2v) is 14.1. The summed E-state index contributed by atoms with van der Waals surface area (Å²) in [4.78, 5) is 10.8. The van der Waals surface area contributed by atoms with Crippen LogP contribution >= 0.6 is 11.3 Å². The van der Waals surface area contributed by atoms with Gasteiger partial charge in [0.05, 0.1) is 22.3 Å². The molecule has 0 bridgehead atoms. The van der Waals surface area contributed by atoms with Crippen LogP contribution in [-0.4, -0.2) is 19.6 Å². The standard InChI is InChI=1S/C46H30N3OS.Pt/c1-27-11-8-12-28(2)42(27)29-21-24-40(50)36(25-29)46-48-45-34(17-9-19-39(45)49(46)30-13-4-3-5-14-30)38-23-22-33-31-15-6-7-16-32(31)37-26-51-41-20-10-18-35(43(37)41)44(33)47-38;/h3-17,19-26,50H,1-2H3;/q-1;. The van der Waals surface area contributed by atoms with Gasteiger partial charge in [0, 0.05) is 32.3 Å². The topological polar surface area (TPSA) is 50.9 Å². The van der Waals surface area contributed by atoms with Crippen LogP contribution < -0.4 is 0 Å². The number of phenolic OH excluding ortho intramolecular Hbond substituents is 1. The average Bonchev–Trinajstić information content (AvgIpc) is 3.75. The van der Waals surface area contributed by atoms with E-state index >= 15 is 0 Å². The Bertz CT molecular complexity index is 2830. The van der Waals surface area contributed by atoms with Crippen LogP contribution in [0.2, 0.25) is 0 Å². The smallest absolute Gasteiger partial charge is 0.149 e. The summed E-state index contributed by atoms with van der Waals surface area (Å²) in [5, 5.41) is 14.9. The fourth-order valence-corrected chi connectivity index (χ4v) is 8.81. The van der Waals surface area contributed by atoms with E-state index in [1.165, 1.54) is 37.9 Å². The molecule has 3 heterocycles. The molecule has 1 aliphatic carbocycles. The van der Waals surface area contributed by atoms with E-state index in [4.69, 9.17) is 9.97 Å². The van der Waals surface area contributed by atoms with Crippen molar-refractivity contribution in [1.82, 2.24) is 14.5 Å². The van der Waals surface area contributed by atoms with E-state index in [2.05, 4.69) is 127 Å². The van der Waals surface area contributed by atoms with E-state index in [0.717, 1.165) is 55.9 Å². The number of thiophene rings is 1. The number of para-hydroxylation sites is 2. The Balaban J connectivity index is 0.00000360. The van der Waals surface area contributed by atoms with Crippen LogP contribution in [0.1, 0.15) is 11.1 Å². The number of phenols is 1. The van der Waals surface area contributed by atoms with Crippen molar-refractivity contribution >= 4 is 32.5 Å². The Morgan fingerprint density at radius 3 is 2.19 bits per heavy atom. The van der Waals surface area contributed by atoms with Gasteiger partial charge in [-0.15, -0.1) is 23.8 Å². The van der Waals surface area contributed by atoms with E-state index in [0.29, 0.717) is 11.4 Å². The van der Waals surface area contributed by atoms with E-state index in [1.54, 1.807) is 17.4 Å². The number of fused-ring (bicyclic) bond motifs is 6. The van der Waals surface area contributed by atoms with Gasteiger partial charge in [-0.3, -0.25) is 9.55 Å². The molecular weight excluding hydrogens is 838 g/mol. The molecule has 6 aromatic carbocycles. The fraction of sp³-hybridized carbons (Fsp3) is 0.0435. The maximum atomic E-state index is 11.5. The first-order valence-electron chi connectivity index (χ1n) is 17.1. The zero-order valence-corrected chi connectivity index (χ0v) is 31.4. The molecule has 252 valence electrons. The molecule has 1 N–H and O–H groups in total. The fourth-order valence-electron chi connectivity index (χ4n) is 7.85. The normalized spacial score (nSPS) is 11.6. The predicted octanol–water partition coefficient (Wildman–Crippen LogP) is 12.1. The molecule has 9 aromatic rings. The van der Waals surface area contributed by atoms with E-state index in [9.17, 15) is 5.11 Å². The minimum absolute atomic E-state index is 0. The Kier molecular flexibility index (Phi) is 7.80. The van der Waals surface area contributed by atoms with Gasteiger partial charge >= 0.3 is 0 Å². The summed E-state index contributed by atoms with van der Waals surface area (Å²) < 4.78 is 3.37. The molecule has 0 spiro atoms. The van der Waals surface area contributed by atoms with Gasteiger partial charge in [0.25, 0.3) is 0 Å². The van der Waals surface area contributed by atoms with Crippen LogP contribution in [0.3, 0.4) is 0 Å². The largest absolute Gasteiger partial charge is 0.507 e. The first kappa shape index (κ1) is 32.3. The van der Waals surface area contributed by atoms with Gasteiger partial charge in [0.2, 0.25) is 0 Å². The van der Waals surface area contributed by atoms with Gasteiger partial charge in [0.15, 0.2) is 0 Å². The molecule has 0 aliphatic heterocycles. The molecule has 0 saturated carbocycles. The minimum Gasteiger partial charge on any atom is -0.507 e. The van der Waals surface area contributed by atoms with Crippen LogP contribution in [0, 0.1) is 19.9 Å². The second-order valence-electron chi connectivity index (χ2n) is 13.2. The summed E-state index contributed by atoms with van der Waals surface area (Å²) in [6, 6.07) is 49.3. The van der Waals surface area contributed by atoms with Gasteiger partial charge in [-0.2, -0.15) is 11.3 Å². The Labute approximate surface area is 320 Å². The predicted molar refractivity (Wildman–Crippen MR) is 210 cm³/mol. The number of hydrogen-bond donors (Lipinski definition) is 1. The first-order chi connectivity index (χ1) is 25.0. The Morgan fingerprint density at radius 2 is 1.38 bits per heavy atom. The van der Waals surface area contributed by atoms with Gasteiger partial charge in [-0.05, 0) is 111 Å². The van der Waals surface area contributed by atoms with Gasteiger partial charge in [0.1, 0.15) is 11.6 Å². The van der Waals surface area contributed by atoms with Crippen molar-refractivity contribution in [3.05, 3.63) is 156 Å². The van der Waals surface area contributed by atoms with E-state index in [1.807, 2.05) is 30.3 Å². The third kappa shape index (κ3) is 4.92. The van der Waals surface area contributed by atoms with Crippen molar-refractivity contribution in [3.63, 3.8) is 0 Å². The summed E-state index contributed by atoms with van der Waals surface area (Å²) in [6.45, 7) is 4.26. The Morgan fingerprint density at radius 1 is 0.654 bits per heavy atom. The monoisotopic (exact) mass is 867 g/mol. The number of aromatic hydroxyl groups is 1. The number of pyridine rings is 1. The van der Waals surface area contributed by atoms with Crippen molar-refractivity contribution < 1.29 is 26.2 Å². The molecule has 0 unspecified atom stereocenters. The minimum atomic E-state index is 0. The molecule has 1 aliphatic rings. The number of nitrogens with zero attached hydrogens (tertiary/aromatic N) is 3. The average molecular weight is 868 g/mol. The third-order valence-corrected chi connectivity index (χ3v) is 11.1. The number of rotatable bonds is 4. The van der Waals surface area contributed by atoms with E-state index < -0.39 is 0 Å². The quantitative estimate of drug-likeness (QED) is 0.179. The van der Waals surface area contributed by atoms with Crippen molar-refractivity contribution in [2.24, 2.45) is 0 Å². The molecule has 4 nitrogen and oxygen atoms in total. The molecule has 0 radical (unpaired) electrons. The van der Waals surface area contributed by atoms with Crippen LogP contribution in [0.4, 0.5) is 0 Å². The van der Waals surface area contributed by atoms with Crippen molar-refractivity contribution in [2.75, 3.05) is 0 Å².